The van der Waals surface area contributed by atoms with Crippen LogP contribution in [0.4, 0.5) is 0 Å². The molecule has 0 saturated carbocycles. The van der Waals surface area contributed by atoms with Crippen LogP contribution in [0.3, 0.4) is 0 Å². The smallest absolute Gasteiger partial charge is 0.254 e. The standard InChI is InChI=1S/C15H19N3O/c1-18(10-11-4-3-8-16-11)15(19)13-5-2-6-14-12(13)7-9-17-14/h2,5-7,9,11,16-17H,3-4,8,10H2,1H3. The Morgan fingerprint density at radius 3 is 3.11 bits per heavy atom. The lowest BCUT2D eigenvalue weighted by molar-refractivity contribution is 0.0786. The van der Waals surface area contributed by atoms with Crippen LogP contribution in [0.1, 0.15) is 23.2 Å². The summed E-state index contributed by atoms with van der Waals surface area (Å²) in [6.45, 7) is 1.85. The van der Waals surface area contributed by atoms with Crippen molar-refractivity contribution in [3.8, 4) is 0 Å². The van der Waals surface area contributed by atoms with Crippen LogP contribution < -0.4 is 5.32 Å². The quantitative estimate of drug-likeness (QED) is 0.883. The van der Waals surface area contributed by atoms with E-state index in [1.54, 1.807) is 0 Å². The molecule has 2 aromatic rings. The molecule has 1 aromatic heterocycles. The fraction of sp³-hybridized carbons (Fsp3) is 0.400. The number of carbonyl (C=O) groups is 1. The molecule has 1 aliphatic heterocycles. The zero-order valence-corrected chi connectivity index (χ0v) is 11.1. The molecule has 3 rings (SSSR count). The molecular weight excluding hydrogens is 238 g/mol. The summed E-state index contributed by atoms with van der Waals surface area (Å²) in [6.07, 6.45) is 4.24. The Hall–Kier alpha value is -1.81. The Bertz CT molecular complexity index is 584. The summed E-state index contributed by atoms with van der Waals surface area (Å²) in [6, 6.07) is 8.22. The van der Waals surface area contributed by atoms with E-state index in [4.69, 9.17) is 0 Å². The minimum Gasteiger partial charge on any atom is -0.361 e. The van der Waals surface area contributed by atoms with Crippen LogP contribution >= 0.6 is 0 Å². The molecule has 2 heterocycles. The van der Waals surface area contributed by atoms with E-state index in [0.717, 1.165) is 36.0 Å². The number of H-pyrrole nitrogens is 1. The van der Waals surface area contributed by atoms with Crippen molar-refractivity contribution >= 4 is 16.8 Å². The SMILES string of the molecule is CN(CC1CCCN1)C(=O)c1cccc2[nH]ccc12. The Balaban J connectivity index is 1.80. The van der Waals surface area contributed by atoms with Gasteiger partial charge in [0.05, 0.1) is 0 Å². The predicted molar refractivity (Wildman–Crippen MR) is 76.3 cm³/mol. The van der Waals surface area contributed by atoms with E-state index in [1.165, 1.54) is 6.42 Å². The first-order valence-corrected chi connectivity index (χ1v) is 6.80. The molecule has 1 atom stereocenters. The lowest BCUT2D eigenvalue weighted by Gasteiger charge is -2.21. The van der Waals surface area contributed by atoms with Crippen molar-refractivity contribution in [1.82, 2.24) is 15.2 Å². The molecule has 4 heteroatoms. The maximum absolute atomic E-state index is 12.5. The second-order valence-electron chi connectivity index (χ2n) is 5.22. The minimum atomic E-state index is 0.0962. The number of carbonyl (C=O) groups excluding carboxylic acids is 1. The van der Waals surface area contributed by atoms with E-state index < -0.39 is 0 Å². The summed E-state index contributed by atoms with van der Waals surface area (Å²) in [4.78, 5) is 17.5. The van der Waals surface area contributed by atoms with Gasteiger partial charge in [0.2, 0.25) is 0 Å². The highest BCUT2D eigenvalue weighted by Crippen LogP contribution is 2.19. The fourth-order valence-corrected chi connectivity index (χ4v) is 2.80. The molecule has 1 aromatic carbocycles. The average molecular weight is 257 g/mol. The highest BCUT2D eigenvalue weighted by Gasteiger charge is 2.20. The molecule has 4 nitrogen and oxygen atoms in total. The van der Waals surface area contributed by atoms with Crippen LogP contribution in [0.2, 0.25) is 0 Å². The largest absolute Gasteiger partial charge is 0.361 e. The Morgan fingerprint density at radius 1 is 1.42 bits per heavy atom. The van der Waals surface area contributed by atoms with E-state index >= 15 is 0 Å². The number of hydrogen-bond acceptors (Lipinski definition) is 2. The maximum atomic E-state index is 12.5. The van der Waals surface area contributed by atoms with Crippen LogP contribution in [-0.2, 0) is 0 Å². The van der Waals surface area contributed by atoms with Crippen LogP contribution in [0.15, 0.2) is 30.5 Å². The summed E-state index contributed by atoms with van der Waals surface area (Å²) in [5.74, 6) is 0.0962. The third kappa shape index (κ3) is 2.36. The zero-order chi connectivity index (χ0) is 13.2. The van der Waals surface area contributed by atoms with Gasteiger partial charge >= 0.3 is 0 Å². The van der Waals surface area contributed by atoms with Crippen molar-refractivity contribution in [2.45, 2.75) is 18.9 Å². The van der Waals surface area contributed by atoms with Gasteiger partial charge in [0, 0.05) is 42.3 Å². The van der Waals surface area contributed by atoms with Gasteiger partial charge in [-0.05, 0) is 37.6 Å². The van der Waals surface area contributed by atoms with Gasteiger partial charge in [-0.25, -0.2) is 0 Å². The molecule has 2 N–H and O–H groups in total. The van der Waals surface area contributed by atoms with Crippen LogP contribution in [-0.4, -0.2) is 42.0 Å². The van der Waals surface area contributed by atoms with E-state index in [-0.39, 0.29) is 5.91 Å². The zero-order valence-electron chi connectivity index (χ0n) is 11.1. The highest BCUT2D eigenvalue weighted by atomic mass is 16.2. The van der Waals surface area contributed by atoms with Gasteiger partial charge in [0.1, 0.15) is 0 Å². The monoisotopic (exact) mass is 257 g/mol. The number of fused-ring (bicyclic) bond motifs is 1. The van der Waals surface area contributed by atoms with E-state index in [2.05, 4.69) is 10.3 Å². The van der Waals surface area contributed by atoms with Crippen molar-refractivity contribution in [3.63, 3.8) is 0 Å². The maximum Gasteiger partial charge on any atom is 0.254 e. The second-order valence-corrected chi connectivity index (χ2v) is 5.22. The van der Waals surface area contributed by atoms with E-state index in [0.29, 0.717) is 6.04 Å². The average Bonchev–Trinajstić information content (AvgIpc) is 3.07. The van der Waals surface area contributed by atoms with Gasteiger partial charge in [0.25, 0.3) is 5.91 Å². The summed E-state index contributed by atoms with van der Waals surface area (Å²) in [5, 5.41) is 4.42. The second kappa shape index (κ2) is 5.05. The third-order valence-corrected chi connectivity index (χ3v) is 3.83. The molecule has 1 unspecified atom stereocenters. The highest BCUT2D eigenvalue weighted by molar-refractivity contribution is 6.06. The number of aromatic nitrogens is 1. The number of aromatic amines is 1. The molecule has 0 spiro atoms. The molecule has 1 aliphatic rings. The van der Waals surface area contributed by atoms with Gasteiger partial charge < -0.3 is 15.2 Å². The number of likely N-dealkylation sites (N-methyl/N-ethyl adjacent to an activating group) is 1. The van der Waals surface area contributed by atoms with Crippen molar-refractivity contribution in [2.75, 3.05) is 20.1 Å². The van der Waals surface area contributed by atoms with Crippen molar-refractivity contribution in [2.24, 2.45) is 0 Å². The van der Waals surface area contributed by atoms with Crippen LogP contribution in [0, 0.1) is 0 Å². The fourth-order valence-electron chi connectivity index (χ4n) is 2.80. The molecule has 1 amide bonds. The first kappa shape index (κ1) is 12.2. The third-order valence-electron chi connectivity index (χ3n) is 3.83. The molecule has 19 heavy (non-hydrogen) atoms. The molecule has 1 fully saturated rings. The normalized spacial score (nSPS) is 18.9. The number of rotatable bonds is 3. The van der Waals surface area contributed by atoms with Gasteiger partial charge in [-0.2, -0.15) is 0 Å². The first-order valence-electron chi connectivity index (χ1n) is 6.80. The Morgan fingerprint density at radius 2 is 2.32 bits per heavy atom. The van der Waals surface area contributed by atoms with Crippen molar-refractivity contribution < 1.29 is 4.79 Å². The molecule has 0 bridgehead atoms. The predicted octanol–water partition coefficient (Wildman–Crippen LogP) is 1.99. The minimum absolute atomic E-state index is 0.0962. The number of amides is 1. The van der Waals surface area contributed by atoms with E-state index in [1.807, 2.05) is 42.4 Å². The van der Waals surface area contributed by atoms with Crippen molar-refractivity contribution in [3.05, 3.63) is 36.0 Å². The molecule has 1 saturated heterocycles. The lowest BCUT2D eigenvalue weighted by atomic mass is 10.1. The Kier molecular flexibility index (Phi) is 3.25. The summed E-state index contributed by atoms with van der Waals surface area (Å²) >= 11 is 0. The molecule has 0 radical (unpaired) electrons. The van der Waals surface area contributed by atoms with Gasteiger partial charge in [0.15, 0.2) is 0 Å². The summed E-state index contributed by atoms with van der Waals surface area (Å²) < 4.78 is 0. The van der Waals surface area contributed by atoms with Gasteiger partial charge in [-0.3, -0.25) is 4.79 Å². The summed E-state index contributed by atoms with van der Waals surface area (Å²) in [5.41, 5.74) is 1.79. The number of nitrogens with one attached hydrogen (secondary N) is 2. The lowest BCUT2D eigenvalue weighted by Crippen LogP contribution is -2.38. The first-order chi connectivity index (χ1) is 9.25. The molecule has 0 aliphatic carbocycles. The Labute approximate surface area is 112 Å². The topological polar surface area (TPSA) is 48.1 Å². The van der Waals surface area contributed by atoms with E-state index in [9.17, 15) is 4.79 Å². The molecular formula is C15H19N3O. The number of hydrogen-bond donors (Lipinski definition) is 2. The summed E-state index contributed by atoms with van der Waals surface area (Å²) in [7, 11) is 1.88. The van der Waals surface area contributed by atoms with Crippen LogP contribution in [0.25, 0.3) is 10.9 Å². The van der Waals surface area contributed by atoms with Gasteiger partial charge in [-0.1, -0.05) is 6.07 Å². The van der Waals surface area contributed by atoms with Gasteiger partial charge in [-0.15, -0.1) is 0 Å². The number of nitrogens with zero attached hydrogens (tertiary/aromatic N) is 1. The number of benzene rings is 1. The van der Waals surface area contributed by atoms with Crippen LogP contribution in [0.5, 0.6) is 0 Å². The molecule has 100 valence electrons. The van der Waals surface area contributed by atoms with Crippen molar-refractivity contribution in [1.29, 1.82) is 0 Å².